The Morgan fingerprint density at radius 3 is 2.79 bits per heavy atom. The highest BCUT2D eigenvalue weighted by Crippen LogP contribution is 2.32. The summed E-state index contributed by atoms with van der Waals surface area (Å²) < 4.78 is 0. The SMILES string of the molecule is CCCC1CCCC(N)(CCO)CC1. The highest BCUT2D eigenvalue weighted by atomic mass is 16.3. The Labute approximate surface area is 87.9 Å². The fraction of sp³-hybridized carbons (Fsp3) is 1.00. The summed E-state index contributed by atoms with van der Waals surface area (Å²) in [5, 5.41) is 8.96. The summed E-state index contributed by atoms with van der Waals surface area (Å²) >= 11 is 0. The lowest BCUT2D eigenvalue weighted by atomic mass is 9.87. The zero-order valence-electron chi connectivity index (χ0n) is 9.47. The van der Waals surface area contributed by atoms with Crippen LogP contribution in [-0.4, -0.2) is 17.3 Å². The van der Waals surface area contributed by atoms with Crippen LogP contribution >= 0.6 is 0 Å². The second kappa shape index (κ2) is 5.72. The zero-order valence-corrected chi connectivity index (χ0v) is 9.47. The standard InChI is InChI=1S/C12H25NO/c1-2-4-11-5-3-7-12(13,8-6-11)9-10-14/h11,14H,2-10,13H2,1H3. The molecule has 0 aromatic rings. The maximum absolute atomic E-state index is 8.96. The minimum Gasteiger partial charge on any atom is -0.396 e. The van der Waals surface area contributed by atoms with Gasteiger partial charge in [-0.3, -0.25) is 0 Å². The van der Waals surface area contributed by atoms with E-state index in [9.17, 15) is 0 Å². The molecular formula is C12H25NO. The van der Waals surface area contributed by atoms with Crippen molar-refractivity contribution in [3.63, 3.8) is 0 Å². The quantitative estimate of drug-likeness (QED) is 0.683. The van der Waals surface area contributed by atoms with Crippen LogP contribution in [0.15, 0.2) is 0 Å². The minimum atomic E-state index is -0.0583. The molecule has 2 atom stereocenters. The molecule has 2 unspecified atom stereocenters. The molecule has 0 saturated heterocycles. The lowest BCUT2D eigenvalue weighted by molar-refractivity contribution is 0.223. The minimum absolute atomic E-state index is 0.0583. The van der Waals surface area contributed by atoms with Gasteiger partial charge in [0.05, 0.1) is 0 Å². The van der Waals surface area contributed by atoms with Crippen LogP contribution < -0.4 is 5.73 Å². The van der Waals surface area contributed by atoms with Gasteiger partial charge in [0, 0.05) is 12.1 Å². The number of nitrogens with two attached hydrogens (primary N) is 1. The van der Waals surface area contributed by atoms with E-state index in [1.807, 2.05) is 0 Å². The second-order valence-corrected chi connectivity index (χ2v) is 4.92. The topological polar surface area (TPSA) is 46.2 Å². The van der Waals surface area contributed by atoms with Crippen molar-refractivity contribution in [3.8, 4) is 0 Å². The number of aliphatic hydroxyl groups is 1. The third-order valence-electron chi connectivity index (χ3n) is 3.64. The summed E-state index contributed by atoms with van der Waals surface area (Å²) in [7, 11) is 0. The molecule has 1 aliphatic carbocycles. The second-order valence-electron chi connectivity index (χ2n) is 4.92. The molecule has 0 aromatic heterocycles. The molecular weight excluding hydrogens is 174 g/mol. The van der Waals surface area contributed by atoms with E-state index in [4.69, 9.17) is 10.8 Å². The van der Waals surface area contributed by atoms with Crippen LogP contribution in [0, 0.1) is 5.92 Å². The number of hydrogen-bond donors (Lipinski definition) is 2. The largest absolute Gasteiger partial charge is 0.396 e. The Bertz CT molecular complexity index is 160. The Balaban J connectivity index is 2.39. The van der Waals surface area contributed by atoms with E-state index in [-0.39, 0.29) is 12.1 Å². The molecule has 0 amide bonds. The summed E-state index contributed by atoms with van der Waals surface area (Å²) in [6, 6.07) is 0. The summed E-state index contributed by atoms with van der Waals surface area (Å²) in [5.74, 6) is 0.893. The molecule has 2 nitrogen and oxygen atoms in total. The van der Waals surface area contributed by atoms with E-state index in [0.29, 0.717) is 0 Å². The smallest absolute Gasteiger partial charge is 0.0448 e. The maximum atomic E-state index is 8.96. The Morgan fingerprint density at radius 2 is 2.14 bits per heavy atom. The summed E-state index contributed by atoms with van der Waals surface area (Å²) in [6.07, 6.45) is 9.51. The average Bonchev–Trinajstić information content (AvgIpc) is 2.30. The molecule has 0 aliphatic heterocycles. The van der Waals surface area contributed by atoms with Gasteiger partial charge in [0.2, 0.25) is 0 Å². The van der Waals surface area contributed by atoms with Gasteiger partial charge < -0.3 is 10.8 Å². The van der Waals surface area contributed by atoms with E-state index >= 15 is 0 Å². The van der Waals surface area contributed by atoms with Crippen LogP contribution in [0.2, 0.25) is 0 Å². The Morgan fingerprint density at radius 1 is 1.36 bits per heavy atom. The van der Waals surface area contributed by atoms with Crippen molar-refractivity contribution in [2.24, 2.45) is 11.7 Å². The van der Waals surface area contributed by atoms with Crippen molar-refractivity contribution in [1.29, 1.82) is 0 Å². The average molecular weight is 199 g/mol. The van der Waals surface area contributed by atoms with Crippen LogP contribution in [-0.2, 0) is 0 Å². The van der Waals surface area contributed by atoms with Crippen molar-refractivity contribution >= 4 is 0 Å². The van der Waals surface area contributed by atoms with Crippen molar-refractivity contribution in [3.05, 3.63) is 0 Å². The van der Waals surface area contributed by atoms with E-state index in [2.05, 4.69) is 6.92 Å². The van der Waals surface area contributed by atoms with E-state index < -0.39 is 0 Å². The molecule has 1 aliphatic rings. The first-order valence-corrected chi connectivity index (χ1v) is 6.10. The van der Waals surface area contributed by atoms with Gasteiger partial charge in [0.15, 0.2) is 0 Å². The molecule has 0 radical (unpaired) electrons. The van der Waals surface area contributed by atoms with Gasteiger partial charge in [0.1, 0.15) is 0 Å². The van der Waals surface area contributed by atoms with Gasteiger partial charge in [-0.15, -0.1) is 0 Å². The third kappa shape index (κ3) is 3.58. The normalized spacial score (nSPS) is 34.1. The Hall–Kier alpha value is -0.0800. The molecule has 1 saturated carbocycles. The summed E-state index contributed by atoms with van der Waals surface area (Å²) in [6.45, 7) is 2.50. The first kappa shape index (κ1) is 12.0. The predicted molar refractivity (Wildman–Crippen MR) is 60.1 cm³/mol. The highest BCUT2D eigenvalue weighted by Gasteiger charge is 2.28. The van der Waals surface area contributed by atoms with Crippen molar-refractivity contribution in [2.75, 3.05) is 6.61 Å². The van der Waals surface area contributed by atoms with Crippen LogP contribution in [0.1, 0.15) is 58.3 Å². The molecule has 1 fully saturated rings. The first-order chi connectivity index (χ1) is 6.70. The maximum Gasteiger partial charge on any atom is 0.0448 e. The van der Waals surface area contributed by atoms with Crippen LogP contribution in [0.3, 0.4) is 0 Å². The zero-order chi connectivity index (χ0) is 10.4. The van der Waals surface area contributed by atoms with E-state index in [0.717, 1.165) is 25.2 Å². The molecule has 84 valence electrons. The molecule has 0 heterocycles. The fourth-order valence-corrected chi connectivity index (χ4v) is 2.67. The van der Waals surface area contributed by atoms with Gasteiger partial charge >= 0.3 is 0 Å². The molecule has 1 rings (SSSR count). The molecule has 14 heavy (non-hydrogen) atoms. The molecule has 0 bridgehead atoms. The molecule has 0 aromatic carbocycles. The third-order valence-corrected chi connectivity index (χ3v) is 3.64. The van der Waals surface area contributed by atoms with Crippen molar-refractivity contribution in [2.45, 2.75) is 63.8 Å². The fourth-order valence-electron chi connectivity index (χ4n) is 2.67. The van der Waals surface area contributed by atoms with Gasteiger partial charge in [-0.25, -0.2) is 0 Å². The first-order valence-electron chi connectivity index (χ1n) is 6.10. The van der Waals surface area contributed by atoms with E-state index in [1.54, 1.807) is 0 Å². The number of hydrogen-bond acceptors (Lipinski definition) is 2. The van der Waals surface area contributed by atoms with Gasteiger partial charge in [-0.2, -0.15) is 0 Å². The number of aliphatic hydroxyl groups excluding tert-OH is 1. The highest BCUT2D eigenvalue weighted by molar-refractivity contribution is 4.87. The molecule has 3 N–H and O–H groups in total. The van der Waals surface area contributed by atoms with Gasteiger partial charge in [-0.05, 0) is 31.6 Å². The monoisotopic (exact) mass is 199 g/mol. The molecule has 2 heteroatoms. The lowest BCUT2D eigenvalue weighted by Gasteiger charge is -2.27. The predicted octanol–water partition coefficient (Wildman–Crippen LogP) is 2.45. The molecule has 0 spiro atoms. The Kier molecular flexibility index (Phi) is 4.90. The summed E-state index contributed by atoms with van der Waals surface area (Å²) in [4.78, 5) is 0. The van der Waals surface area contributed by atoms with Crippen LogP contribution in [0.25, 0.3) is 0 Å². The van der Waals surface area contributed by atoms with Crippen LogP contribution in [0.5, 0.6) is 0 Å². The van der Waals surface area contributed by atoms with Crippen LogP contribution in [0.4, 0.5) is 0 Å². The lowest BCUT2D eigenvalue weighted by Crippen LogP contribution is -2.40. The van der Waals surface area contributed by atoms with Crippen molar-refractivity contribution in [1.82, 2.24) is 0 Å². The van der Waals surface area contributed by atoms with E-state index in [1.165, 1.54) is 32.1 Å². The van der Waals surface area contributed by atoms with Crippen molar-refractivity contribution < 1.29 is 5.11 Å². The number of rotatable bonds is 4. The van der Waals surface area contributed by atoms with Gasteiger partial charge in [-0.1, -0.05) is 32.6 Å². The van der Waals surface area contributed by atoms with Gasteiger partial charge in [0.25, 0.3) is 0 Å². The summed E-state index contributed by atoms with van der Waals surface area (Å²) in [5.41, 5.74) is 6.21.